The summed E-state index contributed by atoms with van der Waals surface area (Å²) < 4.78 is 1.73. The van der Waals surface area contributed by atoms with Gasteiger partial charge in [-0.2, -0.15) is 0 Å². The van der Waals surface area contributed by atoms with Crippen LogP contribution >= 0.6 is 23.2 Å². The van der Waals surface area contributed by atoms with E-state index in [1.807, 2.05) is 0 Å². The Morgan fingerprint density at radius 2 is 2.20 bits per heavy atom. The molecule has 2 aromatic rings. The fourth-order valence-electron chi connectivity index (χ4n) is 1.99. The number of carbonyl (C=O) groups excluding carboxylic acids is 1. The largest absolute Gasteiger partial charge is 0.312 e. The molecule has 0 aliphatic carbocycles. The highest BCUT2D eigenvalue weighted by atomic mass is 35.5. The lowest BCUT2D eigenvalue weighted by atomic mass is 10.1. The number of halogens is 2. The van der Waals surface area contributed by atoms with Crippen molar-refractivity contribution in [3.05, 3.63) is 45.7 Å². The molecule has 104 valence electrons. The van der Waals surface area contributed by atoms with Crippen LogP contribution in [0.25, 0.3) is 0 Å². The van der Waals surface area contributed by atoms with E-state index in [0.717, 1.165) is 13.1 Å². The Kier molecular flexibility index (Phi) is 3.74. The minimum absolute atomic E-state index is 0.118. The first-order chi connectivity index (χ1) is 9.65. The quantitative estimate of drug-likeness (QED) is 0.879. The van der Waals surface area contributed by atoms with Gasteiger partial charge in [0.05, 0.1) is 22.3 Å². The van der Waals surface area contributed by atoms with Gasteiger partial charge in [-0.25, -0.2) is 4.68 Å². The van der Waals surface area contributed by atoms with Crippen LogP contribution < -0.4 is 5.32 Å². The minimum Gasteiger partial charge on any atom is -0.312 e. The Morgan fingerprint density at radius 1 is 1.40 bits per heavy atom. The lowest BCUT2D eigenvalue weighted by Gasteiger charge is -2.26. The van der Waals surface area contributed by atoms with E-state index in [4.69, 9.17) is 23.2 Å². The van der Waals surface area contributed by atoms with Crippen LogP contribution in [0.3, 0.4) is 0 Å². The van der Waals surface area contributed by atoms with Crippen molar-refractivity contribution in [1.29, 1.82) is 0 Å². The first kappa shape index (κ1) is 13.5. The topological polar surface area (TPSA) is 59.8 Å². The molecule has 0 unspecified atom stereocenters. The van der Waals surface area contributed by atoms with Crippen LogP contribution in [-0.2, 0) is 6.42 Å². The summed E-state index contributed by atoms with van der Waals surface area (Å²) in [6.45, 7) is 1.72. The molecule has 1 aromatic heterocycles. The summed E-state index contributed by atoms with van der Waals surface area (Å²) >= 11 is 12.0. The molecule has 1 aromatic carbocycles. The molecule has 2 heterocycles. The van der Waals surface area contributed by atoms with Gasteiger partial charge in [-0.15, -0.1) is 5.10 Å². The maximum absolute atomic E-state index is 12.2. The summed E-state index contributed by atoms with van der Waals surface area (Å²) in [5.41, 5.74) is 1.05. The maximum Gasteiger partial charge on any atom is 0.189 e. The highest BCUT2D eigenvalue weighted by Crippen LogP contribution is 2.26. The van der Waals surface area contributed by atoms with Crippen molar-refractivity contribution < 1.29 is 4.79 Å². The molecule has 0 atom stereocenters. The Bertz CT molecular complexity index is 652. The molecule has 5 nitrogen and oxygen atoms in total. The monoisotopic (exact) mass is 310 g/mol. The summed E-state index contributed by atoms with van der Waals surface area (Å²) in [6.07, 6.45) is 1.85. The van der Waals surface area contributed by atoms with Gasteiger partial charge in [0.2, 0.25) is 0 Å². The van der Waals surface area contributed by atoms with E-state index in [2.05, 4.69) is 15.6 Å². The average molecular weight is 311 g/mol. The molecule has 1 aliphatic heterocycles. The molecule has 1 aliphatic rings. The van der Waals surface area contributed by atoms with Gasteiger partial charge in [0.25, 0.3) is 0 Å². The zero-order valence-electron chi connectivity index (χ0n) is 10.5. The van der Waals surface area contributed by atoms with E-state index in [9.17, 15) is 4.79 Å². The number of nitrogens with one attached hydrogen (secondary N) is 1. The number of carbonyl (C=O) groups is 1. The Morgan fingerprint density at radius 3 is 2.90 bits per heavy atom. The van der Waals surface area contributed by atoms with Crippen LogP contribution in [0.4, 0.5) is 0 Å². The number of Topliss-reactive ketones (excluding diaryl/α,β-unsaturated/α-hetero) is 1. The minimum atomic E-state index is -0.118. The molecule has 7 heteroatoms. The van der Waals surface area contributed by atoms with Gasteiger partial charge in [0, 0.05) is 19.5 Å². The first-order valence-electron chi connectivity index (χ1n) is 6.24. The number of benzene rings is 1. The maximum atomic E-state index is 12.2. The molecule has 0 bridgehead atoms. The van der Waals surface area contributed by atoms with Crippen molar-refractivity contribution in [2.45, 2.75) is 12.5 Å². The number of hydrogen-bond acceptors (Lipinski definition) is 4. The fraction of sp³-hybridized carbons (Fsp3) is 0.308. The molecule has 1 saturated heterocycles. The molecule has 1 fully saturated rings. The number of rotatable bonds is 4. The smallest absolute Gasteiger partial charge is 0.189 e. The van der Waals surface area contributed by atoms with Gasteiger partial charge in [0.1, 0.15) is 5.69 Å². The summed E-state index contributed by atoms with van der Waals surface area (Å²) in [5, 5.41) is 11.9. The molecule has 20 heavy (non-hydrogen) atoms. The number of aromatic nitrogens is 3. The Balaban J connectivity index is 1.75. The highest BCUT2D eigenvalue weighted by molar-refractivity contribution is 6.42. The van der Waals surface area contributed by atoms with Crippen LogP contribution in [0.1, 0.15) is 22.1 Å². The lowest BCUT2D eigenvalue weighted by molar-refractivity contribution is 0.0988. The predicted octanol–water partition coefficient (Wildman–Crippen LogP) is 2.15. The highest BCUT2D eigenvalue weighted by Gasteiger charge is 2.22. The van der Waals surface area contributed by atoms with Crippen LogP contribution in [0.15, 0.2) is 24.4 Å². The second-order valence-corrected chi connectivity index (χ2v) is 5.49. The van der Waals surface area contributed by atoms with Gasteiger partial charge in [-0.1, -0.05) is 40.5 Å². The van der Waals surface area contributed by atoms with Gasteiger partial charge < -0.3 is 5.32 Å². The predicted molar refractivity (Wildman–Crippen MR) is 76.4 cm³/mol. The van der Waals surface area contributed by atoms with E-state index in [0.29, 0.717) is 27.3 Å². The van der Waals surface area contributed by atoms with E-state index in [-0.39, 0.29) is 12.2 Å². The van der Waals surface area contributed by atoms with Crippen molar-refractivity contribution >= 4 is 29.0 Å². The normalized spacial score (nSPS) is 15.1. The molecular weight excluding hydrogens is 299 g/mol. The zero-order chi connectivity index (χ0) is 14.1. The molecule has 0 saturated carbocycles. The summed E-state index contributed by atoms with van der Waals surface area (Å²) in [6, 6.07) is 5.54. The summed E-state index contributed by atoms with van der Waals surface area (Å²) in [5.74, 6) is -0.118. The van der Waals surface area contributed by atoms with Gasteiger partial charge in [-0.3, -0.25) is 4.79 Å². The molecule has 0 amide bonds. The van der Waals surface area contributed by atoms with Crippen LogP contribution in [0.2, 0.25) is 10.0 Å². The number of nitrogens with zero attached hydrogens (tertiary/aromatic N) is 3. The van der Waals surface area contributed by atoms with Crippen LogP contribution in [0, 0.1) is 0 Å². The van der Waals surface area contributed by atoms with Crippen molar-refractivity contribution in [3.8, 4) is 0 Å². The second-order valence-electron chi connectivity index (χ2n) is 4.71. The Hall–Kier alpha value is -1.43. The standard InChI is InChI=1S/C13H12Cl2N4O/c14-10-3-1-2-8(13(10)15)4-12(20)11-7-19(18-17-11)9-5-16-6-9/h1-3,7,9,16H,4-6H2. The first-order valence-corrected chi connectivity index (χ1v) is 6.99. The lowest BCUT2D eigenvalue weighted by Crippen LogP contribution is -2.43. The average Bonchev–Trinajstić information content (AvgIpc) is 2.82. The third kappa shape index (κ3) is 2.57. The summed E-state index contributed by atoms with van der Waals surface area (Å²) in [4.78, 5) is 12.2. The molecule has 3 rings (SSSR count). The number of hydrogen-bond donors (Lipinski definition) is 1. The van der Waals surface area contributed by atoms with E-state index >= 15 is 0 Å². The second kappa shape index (κ2) is 5.52. The molecular formula is C13H12Cl2N4O. The number of ketones is 1. The molecule has 0 spiro atoms. The summed E-state index contributed by atoms with van der Waals surface area (Å²) in [7, 11) is 0. The van der Waals surface area contributed by atoms with Gasteiger partial charge >= 0.3 is 0 Å². The van der Waals surface area contributed by atoms with E-state index < -0.39 is 0 Å². The van der Waals surface area contributed by atoms with Gasteiger partial charge in [-0.05, 0) is 11.6 Å². The van der Waals surface area contributed by atoms with Crippen LogP contribution in [0.5, 0.6) is 0 Å². The fourth-order valence-corrected chi connectivity index (χ4v) is 2.38. The third-order valence-corrected chi connectivity index (χ3v) is 4.17. The Labute approximate surface area is 125 Å². The van der Waals surface area contributed by atoms with Crippen molar-refractivity contribution in [1.82, 2.24) is 20.3 Å². The molecule has 1 N–H and O–H groups in total. The molecule has 0 radical (unpaired) electrons. The van der Waals surface area contributed by atoms with Crippen LogP contribution in [-0.4, -0.2) is 33.9 Å². The third-order valence-electron chi connectivity index (χ3n) is 3.31. The van der Waals surface area contributed by atoms with E-state index in [1.165, 1.54) is 0 Å². The van der Waals surface area contributed by atoms with Crippen molar-refractivity contribution in [3.63, 3.8) is 0 Å². The zero-order valence-corrected chi connectivity index (χ0v) is 12.0. The van der Waals surface area contributed by atoms with Gasteiger partial charge in [0.15, 0.2) is 5.78 Å². The SMILES string of the molecule is O=C(Cc1cccc(Cl)c1Cl)c1cn(C2CNC2)nn1. The van der Waals surface area contributed by atoms with Crippen molar-refractivity contribution in [2.24, 2.45) is 0 Å². The van der Waals surface area contributed by atoms with E-state index in [1.54, 1.807) is 29.1 Å². The van der Waals surface area contributed by atoms with Crippen molar-refractivity contribution in [2.75, 3.05) is 13.1 Å².